The summed E-state index contributed by atoms with van der Waals surface area (Å²) in [6.45, 7) is -0.317. The van der Waals surface area contributed by atoms with Crippen LogP contribution in [0.1, 0.15) is 25.3 Å². The molecular formula is C13H14N4O10. The lowest BCUT2D eigenvalue weighted by molar-refractivity contribution is -0.397. The molecule has 14 nitrogen and oxygen atoms in total. The molecule has 27 heavy (non-hydrogen) atoms. The van der Waals surface area contributed by atoms with Gasteiger partial charge in [0.2, 0.25) is 5.91 Å². The number of pyridine rings is 1. The second kappa shape index (κ2) is 9.02. The fourth-order valence-corrected chi connectivity index (χ4v) is 2.09. The topological polar surface area (TPSA) is 212 Å². The summed E-state index contributed by atoms with van der Waals surface area (Å²) in [5.74, 6) is -3.43. The second-order valence-electron chi connectivity index (χ2n) is 5.20. The number of carbonyl (C=O) groups is 3. The van der Waals surface area contributed by atoms with Crippen molar-refractivity contribution in [2.75, 3.05) is 6.54 Å². The number of hydrogen-bond acceptors (Lipinski definition) is 8. The van der Waals surface area contributed by atoms with E-state index in [2.05, 4.69) is 5.32 Å². The Balaban J connectivity index is 3.34. The first kappa shape index (κ1) is 21.2. The maximum absolute atomic E-state index is 12.2. The highest BCUT2D eigenvalue weighted by Crippen LogP contribution is 2.20. The Bertz CT molecular complexity index is 808. The predicted molar refractivity (Wildman–Crippen MR) is 85.2 cm³/mol. The number of aromatic nitrogens is 1. The summed E-state index contributed by atoms with van der Waals surface area (Å²) in [5.41, 5.74) is -3.80. The number of aliphatic carboxylic acids is 2. The van der Waals surface area contributed by atoms with Gasteiger partial charge in [0.1, 0.15) is 6.04 Å². The van der Waals surface area contributed by atoms with Crippen LogP contribution in [0.25, 0.3) is 0 Å². The van der Waals surface area contributed by atoms with E-state index in [-0.39, 0.29) is 6.54 Å². The van der Waals surface area contributed by atoms with Gasteiger partial charge in [0.05, 0.1) is 28.7 Å². The number of carboxylic acids is 2. The quantitative estimate of drug-likeness (QED) is 0.351. The van der Waals surface area contributed by atoms with Crippen molar-refractivity contribution in [3.63, 3.8) is 0 Å². The minimum absolute atomic E-state index is 0.317. The molecule has 1 rings (SSSR count). The SMILES string of the molecule is O=C(O)CCNC(=O)[C@H](CCC(=O)O)n1cc([N+](=O)[O-])c(=O)c([N+](=O)[O-])c1. The Morgan fingerprint density at radius 3 is 1.93 bits per heavy atom. The van der Waals surface area contributed by atoms with Crippen molar-refractivity contribution in [3.05, 3.63) is 42.8 Å². The Morgan fingerprint density at radius 1 is 1.04 bits per heavy atom. The molecule has 0 saturated heterocycles. The lowest BCUT2D eigenvalue weighted by atomic mass is 10.1. The van der Waals surface area contributed by atoms with Crippen LogP contribution in [0.3, 0.4) is 0 Å². The van der Waals surface area contributed by atoms with Gasteiger partial charge in [0, 0.05) is 13.0 Å². The van der Waals surface area contributed by atoms with Gasteiger partial charge < -0.3 is 20.1 Å². The van der Waals surface area contributed by atoms with Gasteiger partial charge in [-0.15, -0.1) is 0 Å². The van der Waals surface area contributed by atoms with Gasteiger partial charge >= 0.3 is 28.7 Å². The van der Waals surface area contributed by atoms with Crippen molar-refractivity contribution in [2.45, 2.75) is 25.3 Å². The average Bonchev–Trinajstić information content (AvgIpc) is 2.54. The number of nitrogens with one attached hydrogen (secondary N) is 1. The normalized spacial score (nSPS) is 11.4. The molecule has 0 saturated carbocycles. The van der Waals surface area contributed by atoms with E-state index in [0.29, 0.717) is 17.0 Å². The zero-order valence-electron chi connectivity index (χ0n) is 13.6. The fourth-order valence-electron chi connectivity index (χ4n) is 2.09. The first-order valence-electron chi connectivity index (χ1n) is 7.30. The number of carbonyl (C=O) groups excluding carboxylic acids is 1. The van der Waals surface area contributed by atoms with E-state index in [9.17, 15) is 39.4 Å². The Kier molecular flexibility index (Phi) is 7.09. The molecule has 1 amide bonds. The van der Waals surface area contributed by atoms with Crippen molar-refractivity contribution >= 4 is 29.2 Å². The van der Waals surface area contributed by atoms with Crippen molar-refractivity contribution in [2.24, 2.45) is 0 Å². The summed E-state index contributed by atoms with van der Waals surface area (Å²) in [4.78, 5) is 64.9. The number of nitrogens with zero attached hydrogens (tertiary/aromatic N) is 3. The maximum atomic E-state index is 12.2. The molecule has 0 unspecified atom stereocenters. The summed E-state index contributed by atoms with van der Waals surface area (Å²) < 4.78 is 0.705. The molecule has 3 N–H and O–H groups in total. The highest BCUT2D eigenvalue weighted by atomic mass is 16.6. The molecule has 0 bridgehead atoms. The third kappa shape index (κ3) is 5.87. The Morgan fingerprint density at radius 2 is 1.52 bits per heavy atom. The predicted octanol–water partition coefficient (Wildman–Crippen LogP) is -0.338. The van der Waals surface area contributed by atoms with Crippen LogP contribution < -0.4 is 10.7 Å². The molecule has 1 heterocycles. The highest BCUT2D eigenvalue weighted by molar-refractivity contribution is 5.81. The molecule has 0 aliphatic rings. The van der Waals surface area contributed by atoms with E-state index in [4.69, 9.17) is 10.2 Å². The van der Waals surface area contributed by atoms with E-state index >= 15 is 0 Å². The molecular weight excluding hydrogens is 372 g/mol. The van der Waals surface area contributed by atoms with Crippen molar-refractivity contribution in [1.82, 2.24) is 9.88 Å². The second-order valence-corrected chi connectivity index (χ2v) is 5.20. The molecule has 0 spiro atoms. The van der Waals surface area contributed by atoms with Gasteiger partial charge in [-0.05, 0) is 6.42 Å². The van der Waals surface area contributed by atoms with Crippen LogP contribution in [0.2, 0.25) is 0 Å². The molecule has 146 valence electrons. The summed E-state index contributed by atoms with van der Waals surface area (Å²) in [5, 5.41) is 41.5. The molecule has 0 aliphatic heterocycles. The van der Waals surface area contributed by atoms with E-state index in [1.54, 1.807) is 0 Å². The third-order valence-electron chi connectivity index (χ3n) is 3.33. The Labute approximate surface area is 149 Å². The number of amides is 1. The van der Waals surface area contributed by atoms with Crippen LogP contribution in [0.4, 0.5) is 11.4 Å². The lowest BCUT2D eigenvalue weighted by Crippen LogP contribution is -2.35. The Hall–Kier alpha value is -3.84. The third-order valence-corrected chi connectivity index (χ3v) is 3.33. The summed E-state index contributed by atoms with van der Waals surface area (Å²) in [6.07, 6.45) is -0.227. The molecule has 0 radical (unpaired) electrons. The summed E-state index contributed by atoms with van der Waals surface area (Å²) in [6, 6.07) is -1.45. The van der Waals surface area contributed by atoms with Crippen LogP contribution in [0.15, 0.2) is 17.2 Å². The van der Waals surface area contributed by atoms with E-state index < -0.39 is 69.8 Å². The molecule has 0 aliphatic carbocycles. The minimum atomic E-state index is -1.47. The average molecular weight is 386 g/mol. The molecule has 1 aromatic rings. The standard InChI is InChI=1S/C13H14N4O10/c18-10(19)2-1-7(13(23)14-4-3-11(20)21)15-5-8(16(24)25)12(22)9(6-15)17(26)27/h5-7H,1-4H2,(H,14,23)(H,18,19)(H,20,21)/t7-/m0/s1. The smallest absolute Gasteiger partial charge is 0.339 e. The van der Waals surface area contributed by atoms with Gasteiger partial charge in [0.15, 0.2) is 0 Å². The van der Waals surface area contributed by atoms with E-state index in [0.717, 1.165) is 0 Å². The zero-order valence-corrected chi connectivity index (χ0v) is 13.6. The zero-order chi connectivity index (χ0) is 20.7. The molecule has 0 fully saturated rings. The van der Waals surface area contributed by atoms with Crippen LogP contribution in [-0.2, 0) is 14.4 Å². The number of hydrogen-bond donors (Lipinski definition) is 3. The van der Waals surface area contributed by atoms with Crippen molar-refractivity contribution in [1.29, 1.82) is 0 Å². The monoisotopic (exact) mass is 386 g/mol. The van der Waals surface area contributed by atoms with Gasteiger partial charge in [-0.1, -0.05) is 0 Å². The molecule has 1 aromatic heterocycles. The largest absolute Gasteiger partial charge is 0.481 e. The van der Waals surface area contributed by atoms with Crippen molar-refractivity contribution < 1.29 is 34.4 Å². The first-order chi connectivity index (χ1) is 12.5. The number of carboxylic acid groups (broad SMARTS) is 2. The van der Waals surface area contributed by atoms with E-state index in [1.165, 1.54) is 0 Å². The van der Waals surface area contributed by atoms with Gasteiger partial charge in [-0.3, -0.25) is 39.4 Å². The number of rotatable bonds is 10. The fraction of sp³-hybridized carbons (Fsp3) is 0.385. The molecule has 0 aromatic carbocycles. The van der Waals surface area contributed by atoms with Crippen molar-refractivity contribution in [3.8, 4) is 0 Å². The summed E-state index contributed by atoms with van der Waals surface area (Å²) in [7, 11) is 0. The highest BCUT2D eigenvalue weighted by Gasteiger charge is 2.29. The van der Waals surface area contributed by atoms with Crippen LogP contribution in [0.5, 0.6) is 0 Å². The summed E-state index contributed by atoms with van der Waals surface area (Å²) >= 11 is 0. The minimum Gasteiger partial charge on any atom is -0.481 e. The maximum Gasteiger partial charge on any atom is 0.339 e. The van der Waals surface area contributed by atoms with Crippen LogP contribution in [0, 0.1) is 20.2 Å². The number of nitro groups is 2. The molecule has 1 atom stereocenters. The first-order valence-corrected chi connectivity index (χ1v) is 7.30. The van der Waals surface area contributed by atoms with Gasteiger partial charge in [0.25, 0.3) is 0 Å². The van der Waals surface area contributed by atoms with E-state index in [1.807, 2.05) is 0 Å². The van der Waals surface area contributed by atoms with Gasteiger partial charge in [-0.25, -0.2) is 0 Å². The van der Waals surface area contributed by atoms with Crippen LogP contribution >= 0.6 is 0 Å². The van der Waals surface area contributed by atoms with Gasteiger partial charge in [-0.2, -0.15) is 0 Å². The lowest BCUT2D eigenvalue weighted by Gasteiger charge is -2.19. The molecule has 14 heteroatoms. The van der Waals surface area contributed by atoms with Crippen LogP contribution in [-0.4, -0.2) is 49.0 Å².